The number of nitrogen functional groups attached to an aromatic ring is 1. The van der Waals surface area contributed by atoms with Gasteiger partial charge in [-0.1, -0.05) is 6.42 Å². The lowest BCUT2D eigenvalue weighted by Gasteiger charge is -2.29. The molecule has 5 N–H and O–H groups in total. The first-order valence-electron chi connectivity index (χ1n) is 6.07. The van der Waals surface area contributed by atoms with Gasteiger partial charge >= 0.3 is 0 Å². The fourth-order valence-corrected chi connectivity index (χ4v) is 3.67. The summed E-state index contributed by atoms with van der Waals surface area (Å²) in [5, 5.41) is 0.614. The van der Waals surface area contributed by atoms with E-state index in [0.29, 0.717) is 17.1 Å². The van der Waals surface area contributed by atoms with Gasteiger partial charge in [-0.2, -0.15) is 11.8 Å². The molecule has 94 valence electrons. The van der Waals surface area contributed by atoms with Crippen molar-refractivity contribution in [2.75, 3.05) is 11.5 Å². The second-order valence-electron chi connectivity index (χ2n) is 4.47. The van der Waals surface area contributed by atoms with Crippen LogP contribution in [0.15, 0.2) is 18.3 Å². The van der Waals surface area contributed by atoms with Crippen molar-refractivity contribution in [1.82, 2.24) is 10.4 Å². The molecule has 17 heavy (non-hydrogen) atoms. The number of rotatable bonds is 4. The highest BCUT2D eigenvalue weighted by Gasteiger charge is 2.23. The number of hydrogen-bond donors (Lipinski definition) is 3. The zero-order chi connectivity index (χ0) is 12.1. The Hall–Kier alpha value is -0.780. The van der Waals surface area contributed by atoms with Crippen LogP contribution >= 0.6 is 11.8 Å². The molecule has 0 aliphatic carbocycles. The number of aromatic nitrogens is 1. The van der Waals surface area contributed by atoms with E-state index in [4.69, 9.17) is 11.6 Å². The lowest BCUT2D eigenvalue weighted by molar-refractivity contribution is 0.472. The summed E-state index contributed by atoms with van der Waals surface area (Å²) in [5.74, 6) is 7.51. The molecule has 0 saturated carbocycles. The predicted octanol–water partition coefficient (Wildman–Crippen LogP) is 1.32. The first-order valence-corrected chi connectivity index (χ1v) is 7.12. The fraction of sp³-hybridized carbons (Fsp3) is 0.583. The monoisotopic (exact) mass is 252 g/mol. The summed E-state index contributed by atoms with van der Waals surface area (Å²) < 4.78 is 0. The van der Waals surface area contributed by atoms with Crippen molar-refractivity contribution in [2.24, 2.45) is 5.84 Å². The van der Waals surface area contributed by atoms with Gasteiger partial charge in [0.05, 0.1) is 0 Å². The number of nitrogens with two attached hydrogens (primary N) is 2. The van der Waals surface area contributed by atoms with Crippen LogP contribution in [0.5, 0.6) is 0 Å². The van der Waals surface area contributed by atoms with Crippen LogP contribution in [0.25, 0.3) is 0 Å². The van der Waals surface area contributed by atoms with Gasteiger partial charge in [0, 0.05) is 17.5 Å². The SMILES string of the molecule is NNC(Cc1ccnc(N)c1)C1CCCCS1. The summed E-state index contributed by atoms with van der Waals surface area (Å²) in [7, 11) is 0. The quantitative estimate of drug-likeness (QED) is 0.556. The summed E-state index contributed by atoms with van der Waals surface area (Å²) >= 11 is 2.03. The van der Waals surface area contributed by atoms with E-state index in [2.05, 4.69) is 10.4 Å². The normalized spacial score (nSPS) is 22.3. The number of nitrogens with zero attached hydrogens (tertiary/aromatic N) is 1. The molecule has 2 rings (SSSR count). The van der Waals surface area contributed by atoms with Crippen LogP contribution in [0.2, 0.25) is 0 Å². The van der Waals surface area contributed by atoms with Crippen molar-refractivity contribution in [3.05, 3.63) is 23.9 Å². The molecule has 4 nitrogen and oxygen atoms in total. The Labute approximate surface area is 107 Å². The molecule has 1 aliphatic heterocycles. The van der Waals surface area contributed by atoms with Gasteiger partial charge in [0.15, 0.2) is 0 Å². The number of thioether (sulfide) groups is 1. The lowest BCUT2D eigenvalue weighted by atomic mass is 10.0. The second kappa shape index (κ2) is 6.23. The van der Waals surface area contributed by atoms with Gasteiger partial charge in [-0.25, -0.2) is 4.98 Å². The molecular formula is C12H20N4S. The molecule has 1 fully saturated rings. The van der Waals surface area contributed by atoms with Crippen LogP contribution in [0.4, 0.5) is 5.82 Å². The molecule has 2 heterocycles. The summed E-state index contributed by atoms with van der Waals surface area (Å²) in [6, 6.07) is 4.26. The third kappa shape index (κ3) is 3.59. The van der Waals surface area contributed by atoms with E-state index in [0.717, 1.165) is 6.42 Å². The third-order valence-electron chi connectivity index (χ3n) is 3.18. The van der Waals surface area contributed by atoms with Gasteiger partial charge in [-0.3, -0.25) is 11.3 Å². The maximum atomic E-state index is 5.69. The molecule has 1 saturated heterocycles. The third-order valence-corrected chi connectivity index (χ3v) is 4.70. The Morgan fingerprint density at radius 3 is 3.06 bits per heavy atom. The highest BCUT2D eigenvalue weighted by atomic mass is 32.2. The van der Waals surface area contributed by atoms with Gasteiger partial charge in [0.1, 0.15) is 5.82 Å². The van der Waals surface area contributed by atoms with Crippen molar-refractivity contribution >= 4 is 17.6 Å². The van der Waals surface area contributed by atoms with Crippen LogP contribution in [0.1, 0.15) is 24.8 Å². The number of nitrogens with one attached hydrogen (secondary N) is 1. The van der Waals surface area contributed by atoms with Crippen molar-refractivity contribution in [1.29, 1.82) is 0 Å². The van der Waals surface area contributed by atoms with E-state index in [9.17, 15) is 0 Å². The molecular weight excluding hydrogens is 232 g/mol. The van der Waals surface area contributed by atoms with Gasteiger partial charge in [0.25, 0.3) is 0 Å². The lowest BCUT2D eigenvalue weighted by Crippen LogP contribution is -2.45. The highest BCUT2D eigenvalue weighted by molar-refractivity contribution is 8.00. The number of hydrazine groups is 1. The zero-order valence-corrected chi connectivity index (χ0v) is 10.7. The van der Waals surface area contributed by atoms with Crippen LogP contribution in [-0.4, -0.2) is 22.0 Å². The topological polar surface area (TPSA) is 77.0 Å². The van der Waals surface area contributed by atoms with Crippen LogP contribution in [-0.2, 0) is 6.42 Å². The van der Waals surface area contributed by atoms with Crippen LogP contribution < -0.4 is 17.0 Å². The average Bonchev–Trinajstić information content (AvgIpc) is 2.37. The van der Waals surface area contributed by atoms with Crippen molar-refractivity contribution < 1.29 is 0 Å². The molecule has 0 aromatic carbocycles. The van der Waals surface area contributed by atoms with Gasteiger partial charge < -0.3 is 5.73 Å². The Kier molecular flexibility index (Phi) is 4.65. The Morgan fingerprint density at radius 1 is 1.53 bits per heavy atom. The summed E-state index contributed by atoms with van der Waals surface area (Å²) in [4.78, 5) is 4.01. The van der Waals surface area contributed by atoms with Crippen molar-refractivity contribution in [3.63, 3.8) is 0 Å². The standard InChI is InChI=1S/C12H20N4S/c13-12-8-9(4-5-15-12)7-10(16-14)11-3-1-2-6-17-11/h4-5,8,10-11,16H,1-3,6-7,14H2,(H2,13,15). The predicted molar refractivity (Wildman–Crippen MR) is 73.6 cm³/mol. The zero-order valence-electron chi connectivity index (χ0n) is 9.93. The maximum Gasteiger partial charge on any atom is 0.123 e. The van der Waals surface area contributed by atoms with Crippen LogP contribution in [0.3, 0.4) is 0 Å². The summed E-state index contributed by atoms with van der Waals surface area (Å²) in [5.41, 5.74) is 9.84. The summed E-state index contributed by atoms with van der Waals surface area (Å²) in [6.07, 6.45) is 6.57. The first kappa shape index (κ1) is 12.7. The first-order chi connectivity index (χ1) is 8.29. The Balaban J connectivity index is 1.98. The van der Waals surface area contributed by atoms with E-state index in [1.54, 1.807) is 6.20 Å². The molecule has 0 bridgehead atoms. The molecule has 2 atom stereocenters. The van der Waals surface area contributed by atoms with E-state index < -0.39 is 0 Å². The van der Waals surface area contributed by atoms with E-state index in [1.807, 2.05) is 23.9 Å². The van der Waals surface area contributed by atoms with Gasteiger partial charge in [-0.05, 0) is 42.7 Å². The van der Waals surface area contributed by atoms with E-state index in [1.165, 1.54) is 30.6 Å². The smallest absolute Gasteiger partial charge is 0.123 e. The molecule has 1 aromatic heterocycles. The van der Waals surface area contributed by atoms with E-state index in [-0.39, 0.29) is 0 Å². The van der Waals surface area contributed by atoms with Crippen molar-refractivity contribution in [3.8, 4) is 0 Å². The number of pyridine rings is 1. The number of hydrogen-bond acceptors (Lipinski definition) is 5. The highest BCUT2D eigenvalue weighted by Crippen LogP contribution is 2.28. The maximum absolute atomic E-state index is 5.69. The van der Waals surface area contributed by atoms with E-state index >= 15 is 0 Å². The minimum atomic E-state index is 0.321. The molecule has 5 heteroatoms. The second-order valence-corrected chi connectivity index (χ2v) is 5.82. The molecule has 2 unspecified atom stereocenters. The van der Waals surface area contributed by atoms with Gasteiger partial charge in [0.2, 0.25) is 0 Å². The largest absolute Gasteiger partial charge is 0.384 e. The van der Waals surface area contributed by atoms with Gasteiger partial charge in [-0.15, -0.1) is 0 Å². The molecule has 0 spiro atoms. The minimum Gasteiger partial charge on any atom is -0.384 e. The fourth-order valence-electron chi connectivity index (χ4n) is 2.26. The van der Waals surface area contributed by atoms with Crippen molar-refractivity contribution in [2.45, 2.75) is 37.0 Å². The van der Waals surface area contributed by atoms with Crippen LogP contribution in [0, 0.1) is 0 Å². The molecule has 1 aromatic rings. The average molecular weight is 252 g/mol. The summed E-state index contributed by atoms with van der Waals surface area (Å²) in [6.45, 7) is 0. The molecule has 1 aliphatic rings. The Bertz CT molecular complexity index is 352. The molecule has 0 radical (unpaired) electrons. The minimum absolute atomic E-state index is 0.321. The Morgan fingerprint density at radius 2 is 2.41 bits per heavy atom. The molecule has 0 amide bonds. The number of anilines is 1.